The van der Waals surface area contributed by atoms with Gasteiger partial charge in [0, 0.05) is 72.5 Å². The number of fused-ring (bicyclic) bond motifs is 4. The Bertz CT molecular complexity index is 4120. The number of pyridine rings is 1. The fraction of sp³-hybridized carbons (Fsp3) is 0.206. The molecule has 434 valence electrons. The molecule has 1 aliphatic heterocycles. The Hall–Kier alpha value is -7.90. The van der Waals surface area contributed by atoms with Crippen LogP contribution in [0.1, 0.15) is 103 Å². The van der Waals surface area contributed by atoms with E-state index < -0.39 is 91.5 Å². The van der Waals surface area contributed by atoms with Crippen molar-refractivity contribution in [3.05, 3.63) is 221 Å². The number of nitrogens with zero attached hydrogens (tertiary/aromatic N) is 4. The van der Waals surface area contributed by atoms with Crippen LogP contribution in [0.2, 0.25) is 0 Å². The van der Waals surface area contributed by atoms with Gasteiger partial charge in [0.25, 0.3) is 0 Å². The zero-order valence-corrected chi connectivity index (χ0v) is 49.3. The van der Waals surface area contributed by atoms with Crippen LogP contribution in [0.4, 0.5) is 66.7 Å². The molecule has 5 nitrogen and oxygen atoms in total. The first-order chi connectivity index (χ1) is 39.3. The van der Waals surface area contributed by atoms with Crippen LogP contribution in [0.15, 0.2) is 121 Å². The first-order valence-electron chi connectivity index (χ1n) is 26.8. The molecule has 10 aromatic rings. The first kappa shape index (κ1) is 59.3. The number of hydrogen-bond acceptors (Lipinski definition) is 4. The van der Waals surface area contributed by atoms with Crippen molar-refractivity contribution in [2.45, 2.75) is 91.9 Å². The second-order valence-corrected chi connectivity index (χ2v) is 23.3. The van der Waals surface area contributed by atoms with Crippen LogP contribution >= 0.6 is 0 Å². The molecule has 0 N–H and O–H groups in total. The topological polar surface area (TPSA) is 33.5 Å². The van der Waals surface area contributed by atoms with Crippen molar-refractivity contribution in [1.29, 1.82) is 0 Å². The normalized spacial score (nSPS) is 12.8. The van der Waals surface area contributed by atoms with Crippen LogP contribution in [0.25, 0.3) is 61.0 Å². The summed E-state index contributed by atoms with van der Waals surface area (Å²) in [4.78, 5) is 7.52. The molecule has 0 amide bonds. The maximum absolute atomic E-state index is 16.5. The van der Waals surface area contributed by atoms with Gasteiger partial charge in [-0.1, -0.05) is 123 Å². The molecule has 16 heteroatoms. The van der Waals surface area contributed by atoms with E-state index in [4.69, 9.17) is 9.72 Å². The summed E-state index contributed by atoms with van der Waals surface area (Å²) < 4.78 is 167. The number of para-hydroxylation sites is 3. The van der Waals surface area contributed by atoms with Gasteiger partial charge >= 0.3 is 0 Å². The molecule has 0 fully saturated rings. The summed E-state index contributed by atoms with van der Waals surface area (Å²) in [7, 11) is 0. The molecule has 8 aromatic carbocycles. The van der Waals surface area contributed by atoms with Crippen molar-refractivity contribution >= 4 is 44.6 Å². The minimum absolute atomic E-state index is 0. The Morgan fingerprint density at radius 1 is 0.488 bits per heavy atom. The summed E-state index contributed by atoms with van der Waals surface area (Å²) in [6.45, 7) is 20.6. The number of aromatic nitrogens is 2. The van der Waals surface area contributed by atoms with Gasteiger partial charge in [-0.15, -0.1) is 53.6 Å². The number of benzene rings is 8. The molecule has 0 radical (unpaired) electrons. The van der Waals surface area contributed by atoms with E-state index in [1.807, 2.05) is 77.4 Å². The predicted molar refractivity (Wildman–Crippen MR) is 306 cm³/mol. The van der Waals surface area contributed by atoms with Crippen LogP contribution in [0.5, 0.6) is 11.5 Å². The van der Waals surface area contributed by atoms with E-state index in [9.17, 15) is 8.78 Å². The Morgan fingerprint density at radius 2 is 1.00 bits per heavy atom. The molecule has 0 atom stereocenters. The zero-order chi connectivity index (χ0) is 59.5. The van der Waals surface area contributed by atoms with Crippen molar-refractivity contribution in [2.75, 3.05) is 9.80 Å². The first-order valence-corrected chi connectivity index (χ1v) is 26.8. The quantitative estimate of drug-likeness (QED) is 0.0591. The van der Waals surface area contributed by atoms with Gasteiger partial charge in [-0.05, 0) is 98.3 Å². The Kier molecular flexibility index (Phi) is 15.5. The molecule has 11 rings (SSSR count). The van der Waals surface area contributed by atoms with Crippen LogP contribution < -0.4 is 14.5 Å². The van der Waals surface area contributed by atoms with Gasteiger partial charge in [0.15, 0.2) is 46.5 Å². The fourth-order valence-corrected chi connectivity index (χ4v) is 10.9. The third-order valence-electron chi connectivity index (χ3n) is 15.2. The van der Waals surface area contributed by atoms with Gasteiger partial charge in [0.05, 0.1) is 11.1 Å². The van der Waals surface area contributed by atoms with Crippen molar-refractivity contribution in [1.82, 2.24) is 9.55 Å². The van der Waals surface area contributed by atoms with Gasteiger partial charge in [0.1, 0.15) is 5.82 Å². The van der Waals surface area contributed by atoms with E-state index in [1.54, 1.807) is 56.1 Å². The Labute approximate surface area is 494 Å². The van der Waals surface area contributed by atoms with E-state index in [0.29, 0.717) is 16.9 Å². The maximum atomic E-state index is 16.5. The fourth-order valence-electron chi connectivity index (χ4n) is 10.9. The monoisotopic (exact) mass is 1330 g/mol. The van der Waals surface area contributed by atoms with Crippen molar-refractivity contribution in [3.8, 4) is 50.7 Å². The van der Waals surface area contributed by atoms with Gasteiger partial charge in [-0.2, -0.15) is 6.07 Å². The van der Waals surface area contributed by atoms with Crippen molar-refractivity contribution in [3.63, 3.8) is 0 Å². The smallest absolute Gasteiger partial charge is 0.200 e. The number of anilines is 4. The van der Waals surface area contributed by atoms with Gasteiger partial charge < -0.3 is 19.1 Å². The molecular formula is C68H53F10N4OPt-3. The molecular weight excluding hydrogens is 1270 g/mol. The summed E-state index contributed by atoms with van der Waals surface area (Å²) in [5.41, 5.74) is -0.190. The average molecular weight is 1330 g/mol. The van der Waals surface area contributed by atoms with Crippen molar-refractivity contribution in [2.24, 2.45) is 0 Å². The van der Waals surface area contributed by atoms with E-state index in [2.05, 4.69) is 60.6 Å². The van der Waals surface area contributed by atoms with E-state index >= 15 is 35.1 Å². The van der Waals surface area contributed by atoms with Gasteiger partial charge in [-0.25, -0.2) is 48.9 Å². The molecule has 1 aliphatic rings. The summed E-state index contributed by atoms with van der Waals surface area (Å²) >= 11 is 0. The molecule has 3 heterocycles. The van der Waals surface area contributed by atoms with Crippen LogP contribution in [-0.4, -0.2) is 9.55 Å². The maximum Gasteiger partial charge on any atom is 0.200 e. The largest absolute Gasteiger partial charge is 0.509 e. The Morgan fingerprint density at radius 3 is 1.54 bits per heavy atom. The second kappa shape index (κ2) is 21.9. The van der Waals surface area contributed by atoms with Crippen LogP contribution in [0, 0.1) is 77.0 Å². The molecule has 0 spiro atoms. The standard InChI is InChI=1S/C68H53F10N4O.Pt/c1-34(2)42-17-15-18-43(35(3)4)53(42)36-26-39(31-41(27-36)83-40-22-23-45-44-16-11-12-19-48(44)82(51(45)32-40)52-30-37(24-25-79-52)67(5,6)7)80-33-81(50-21-14-13-20-49(50)80)66-46(54-56(69)60(73)64(77)61(74)57(54)70)28-38(68(8,9)10)29-47(66)55-58(71)62(75)65(78)63(76)59(55)72;/h11-30,33-35H,1-10H3;/q-3;. The zero-order valence-electron chi connectivity index (χ0n) is 47.1. The van der Waals surface area contributed by atoms with E-state index in [0.717, 1.165) is 55.6 Å². The van der Waals surface area contributed by atoms with Crippen LogP contribution in [0.3, 0.4) is 0 Å². The second-order valence-electron chi connectivity index (χ2n) is 23.3. The minimum atomic E-state index is -2.49. The van der Waals surface area contributed by atoms with Crippen LogP contribution in [-0.2, 0) is 31.9 Å². The molecule has 0 saturated carbocycles. The molecule has 0 aliphatic carbocycles. The molecule has 84 heavy (non-hydrogen) atoms. The van der Waals surface area contributed by atoms with E-state index in [1.165, 1.54) is 12.7 Å². The summed E-state index contributed by atoms with van der Waals surface area (Å²) in [6, 6.07) is 40.7. The molecule has 0 bridgehead atoms. The molecule has 0 unspecified atom stereocenters. The number of hydrogen-bond donors (Lipinski definition) is 0. The number of halogens is 10. The number of ether oxygens (including phenoxy) is 1. The van der Waals surface area contributed by atoms with Gasteiger partial charge in [0.2, 0.25) is 11.6 Å². The molecule has 2 aromatic heterocycles. The number of rotatable bonds is 10. The summed E-state index contributed by atoms with van der Waals surface area (Å²) in [5, 5.41) is 1.82. The SMILES string of the molecule is CC(C)c1cccc(C(C)C)c1-c1cc(Oc2[c-]c3c(cc2)c2ccccc2n3-c2cc(C(C)(C)C)ccn2)[c-]c(N2[CH-]N(c3c(-c4c(F)c(F)c(F)c(F)c4F)cc(C(C)(C)C)cc3-c3c(F)c(F)c(F)c(F)c3F)c3ccccc32)c1.[Pt]. The van der Waals surface area contributed by atoms with E-state index in [-0.39, 0.29) is 72.4 Å². The Balaban J connectivity index is 0.00000786. The third kappa shape index (κ3) is 9.99. The van der Waals surface area contributed by atoms with Crippen molar-refractivity contribution < 1.29 is 69.7 Å². The predicted octanol–water partition coefficient (Wildman–Crippen LogP) is 20.2. The average Bonchev–Trinajstić information content (AvgIpc) is 1.73. The minimum Gasteiger partial charge on any atom is -0.509 e. The summed E-state index contributed by atoms with van der Waals surface area (Å²) in [5.74, 6) is -22.5. The third-order valence-corrected chi connectivity index (χ3v) is 15.2. The summed E-state index contributed by atoms with van der Waals surface area (Å²) in [6.07, 6.45) is 1.77. The van der Waals surface area contributed by atoms with Gasteiger partial charge in [-0.3, -0.25) is 0 Å². The molecule has 0 saturated heterocycles.